The monoisotopic (exact) mass is 203 g/mol. The predicted octanol–water partition coefficient (Wildman–Crippen LogP) is 1.50. The molecule has 0 saturated heterocycles. The van der Waals surface area contributed by atoms with E-state index in [4.69, 9.17) is 5.73 Å². The van der Waals surface area contributed by atoms with E-state index in [9.17, 15) is 0 Å². The minimum Gasteiger partial charge on any atom is -0.399 e. The zero-order valence-corrected chi connectivity index (χ0v) is 8.75. The van der Waals surface area contributed by atoms with E-state index in [1.807, 2.05) is 38.1 Å². The van der Waals surface area contributed by atoms with Gasteiger partial charge in [0, 0.05) is 11.3 Å². The van der Waals surface area contributed by atoms with E-state index in [0.29, 0.717) is 11.5 Å². The number of aromatic nitrogens is 4. The molecular formula is C10H13N5. The van der Waals surface area contributed by atoms with Crippen LogP contribution in [0.2, 0.25) is 0 Å². The van der Waals surface area contributed by atoms with Crippen LogP contribution < -0.4 is 5.73 Å². The van der Waals surface area contributed by atoms with Crippen LogP contribution in [0.3, 0.4) is 0 Å². The molecule has 78 valence electrons. The second-order valence-electron chi connectivity index (χ2n) is 3.65. The van der Waals surface area contributed by atoms with Crippen LogP contribution in [-0.2, 0) is 0 Å². The number of nitrogens with zero attached hydrogens (tertiary/aromatic N) is 4. The molecule has 0 unspecified atom stereocenters. The van der Waals surface area contributed by atoms with Crippen molar-refractivity contribution < 1.29 is 0 Å². The average molecular weight is 203 g/mol. The number of nitrogen functional groups attached to an aromatic ring is 1. The van der Waals surface area contributed by atoms with Gasteiger partial charge in [0.25, 0.3) is 0 Å². The molecule has 0 radical (unpaired) electrons. The number of rotatable bonds is 2. The van der Waals surface area contributed by atoms with E-state index in [0.717, 1.165) is 5.56 Å². The minimum atomic E-state index is 0.215. The quantitative estimate of drug-likeness (QED) is 0.751. The summed E-state index contributed by atoms with van der Waals surface area (Å²) in [6, 6.07) is 7.67. The summed E-state index contributed by atoms with van der Waals surface area (Å²) >= 11 is 0. The standard InChI is InChI=1S/C10H13N5/c1-7(2)15-13-10(12-14-15)8-4-3-5-9(11)6-8/h3-7H,11H2,1-2H3. The fourth-order valence-electron chi connectivity index (χ4n) is 1.24. The molecular weight excluding hydrogens is 190 g/mol. The lowest BCUT2D eigenvalue weighted by Crippen LogP contribution is -2.04. The first kappa shape index (κ1) is 9.64. The van der Waals surface area contributed by atoms with Gasteiger partial charge in [0.2, 0.25) is 5.82 Å². The van der Waals surface area contributed by atoms with E-state index in [-0.39, 0.29) is 6.04 Å². The Balaban J connectivity index is 2.37. The molecule has 1 aromatic carbocycles. The van der Waals surface area contributed by atoms with E-state index in [1.165, 1.54) is 0 Å². The van der Waals surface area contributed by atoms with Crippen LogP contribution in [0.25, 0.3) is 11.4 Å². The number of anilines is 1. The fourth-order valence-corrected chi connectivity index (χ4v) is 1.24. The van der Waals surface area contributed by atoms with Crippen molar-refractivity contribution in [1.82, 2.24) is 20.2 Å². The summed E-state index contributed by atoms with van der Waals surface area (Å²) in [6.45, 7) is 4.01. The molecule has 0 aliphatic heterocycles. The van der Waals surface area contributed by atoms with E-state index < -0.39 is 0 Å². The van der Waals surface area contributed by atoms with Gasteiger partial charge in [0.05, 0.1) is 6.04 Å². The molecule has 0 aliphatic carbocycles. The lowest BCUT2D eigenvalue weighted by atomic mass is 10.2. The van der Waals surface area contributed by atoms with Crippen molar-refractivity contribution in [3.05, 3.63) is 24.3 Å². The molecule has 5 heteroatoms. The van der Waals surface area contributed by atoms with Gasteiger partial charge < -0.3 is 5.73 Å². The molecule has 0 saturated carbocycles. The number of hydrogen-bond acceptors (Lipinski definition) is 4. The Kier molecular flexibility index (Phi) is 2.37. The molecule has 2 rings (SSSR count). The molecule has 1 heterocycles. The highest BCUT2D eigenvalue weighted by atomic mass is 15.6. The van der Waals surface area contributed by atoms with E-state index in [2.05, 4.69) is 15.4 Å². The normalized spacial score (nSPS) is 10.9. The van der Waals surface area contributed by atoms with Gasteiger partial charge in [-0.2, -0.15) is 4.80 Å². The largest absolute Gasteiger partial charge is 0.399 e. The summed E-state index contributed by atoms with van der Waals surface area (Å²) < 4.78 is 0. The van der Waals surface area contributed by atoms with E-state index in [1.54, 1.807) is 4.80 Å². The Labute approximate surface area is 87.9 Å². The second-order valence-corrected chi connectivity index (χ2v) is 3.65. The first-order valence-electron chi connectivity index (χ1n) is 4.82. The van der Waals surface area contributed by atoms with Crippen molar-refractivity contribution in [2.75, 3.05) is 5.73 Å². The highest BCUT2D eigenvalue weighted by Crippen LogP contribution is 2.16. The van der Waals surface area contributed by atoms with Crippen LogP contribution in [0.1, 0.15) is 19.9 Å². The van der Waals surface area contributed by atoms with Crippen LogP contribution >= 0.6 is 0 Å². The Bertz CT molecular complexity index is 460. The van der Waals surface area contributed by atoms with Gasteiger partial charge in [-0.05, 0) is 31.2 Å². The maximum atomic E-state index is 5.68. The van der Waals surface area contributed by atoms with Crippen molar-refractivity contribution in [1.29, 1.82) is 0 Å². The molecule has 5 nitrogen and oxygen atoms in total. The van der Waals surface area contributed by atoms with Crippen LogP contribution in [0.5, 0.6) is 0 Å². The first-order chi connectivity index (χ1) is 7.16. The highest BCUT2D eigenvalue weighted by Gasteiger charge is 2.07. The van der Waals surface area contributed by atoms with Gasteiger partial charge in [-0.1, -0.05) is 12.1 Å². The summed E-state index contributed by atoms with van der Waals surface area (Å²) in [5, 5.41) is 12.2. The fraction of sp³-hybridized carbons (Fsp3) is 0.300. The molecule has 2 N–H and O–H groups in total. The van der Waals surface area contributed by atoms with Crippen molar-refractivity contribution in [3.63, 3.8) is 0 Å². The van der Waals surface area contributed by atoms with Crippen molar-refractivity contribution in [2.45, 2.75) is 19.9 Å². The lowest BCUT2D eigenvalue weighted by Gasteiger charge is -1.99. The average Bonchev–Trinajstić information content (AvgIpc) is 2.66. The zero-order valence-electron chi connectivity index (χ0n) is 8.75. The summed E-state index contributed by atoms with van der Waals surface area (Å²) in [6.07, 6.45) is 0. The molecule has 0 atom stereocenters. The molecule has 1 aromatic heterocycles. The number of benzene rings is 1. The van der Waals surface area contributed by atoms with Crippen molar-refractivity contribution in [2.24, 2.45) is 0 Å². The number of nitrogens with two attached hydrogens (primary N) is 1. The number of hydrogen-bond donors (Lipinski definition) is 1. The third-order valence-corrected chi connectivity index (χ3v) is 2.03. The van der Waals surface area contributed by atoms with Gasteiger partial charge >= 0.3 is 0 Å². The van der Waals surface area contributed by atoms with Crippen LogP contribution in [-0.4, -0.2) is 20.2 Å². The van der Waals surface area contributed by atoms with E-state index >= 15 is 0 Å². The maximum Gasteiger partial charge on any atom is 0.205 e. The molecule has 0 fully saturated rings. The van der Waals surface area contributed by atoms with Crippen LogP contribution in [0.15, 0.2) is 24.3 Å². The zero-order chi connectivity index (χ0) is 10.8. The van der Waals surface area contributed by atoms with Gasteiger partial charge in [-0.3, -0.25) is 0 Å². The Morgan fingerprint density at radius 1 is 1.33 bits per heavy atom. The molecule has 0 aliphatic rings. The van der Waals surface area contributed by atoms with Gasteiger partial charge in [0.15, 0.2) is 0 Å². The Morgan fingerprint density at radius 3 is 2.73 bits per heavy atom. The summed E-state index contributed by atoms with van der Waals surface area (Å²) in [4.78, 5) is 1.58. The lowest BCUT2D eigenvalue weighted by molar-refractivity contribution is 0.455. The SMILES string of the molecule is CC(C)n1nnc(-c2cccc(N)c2)n1. The maximum absolute atomic E-state index is 5.68. The summed E-state index contributed by atoms with van der Waals surface area (Å²) in [5.74, 6) is 0.607. The molecule has 0 amide bonds. The van der Waals surface area contributed by atoms with Gasteiger partial charge in [-0.15, -0.1) is 10.2 Å². The highest BCUT2D eigenvalue weighted by molar-refractivity contribution is 5.60. The predicted molar refractivity (Wildman–Crippen MR) is 58.1 cm³/mol. The van der Waals surface area contributed by atoms with Gasteiger partial charge in [0.1, 0.15) is 0 Å². The topological polar surface area (TPSA) is 69.6 Å². The molecule has 0 spiro atoms. The molecule has 15 heavy (non-hydrogen) atoms. The second kappa shape index (κ2) is 3.68. The van der Waals surface area contributed by atoms with Crippen LogP contribution in [0, 0.1) is 0 Å². The smallest absolute Gasteiger partial charge is 0.205 e. The molecule has 0 bridgehead atoms. The number of tetrazole rings is 1. The molecule has 2 aromatic rings. The third kappa shape index (κ3) is 1.96. The Hall–Kier alpha value is -1.91. The third-order valence-electron chi connectivity index (χ3n) is 2.03. The van der Waals surface area contributed by atoms with Crippen molar-refractivity contribution >= 4 is 5.69 Å². The van der Waals surface area contributed by atoms with Crippen LogP contribution in [0.4, 0.5) is 5.69 Å². The minimum absolute atomic E-state index is 0.215. The summed E-state index contributed by atoms with van der Waals surface area (Å²) in [5.41, 5.74) is 7.27. The van der Waals surface area contributed by atoms with Crippen molar-refractivity contribution in [3.8, 4) is 11.4 Å². The first-order valence-corrected chi connectivity index (χ1v) is 4.82. The summed E-state index contributed by atoms with van der Waals surface area (Å²) in [7, 11) is 0. The van der Waals surface area contributed by atoms with Gasteiger partial charge in [-0.25, -0.2) is 0 Å². The Morgan fingerprint density at radius 2 is 2.13 bits per heavy atom.